The van der Waals surface area contributed by atoms with Crippen LogP contribution in [0.2, 0.25) is 0 Å². The molecule has 0 saturated carbocycles. The summed E-state index contributed by atoms with van der Waals surface area (Å²) in [4.78, 5) is 5.03. The number of hydrogen-bond donors (Lipinski definition) is 0. The van der Waals surface area contributed by atoms with Crippen LogP contribution in [0.1, 0.15) is 33.4 Å². The molecule has 2 aliphatic heterocycles. The van der Waals surface area contributed by atoms with E-state index in [1.165, 1.54) is 133 Å². The zero-order valence-corrected chi connectivity index (χ0v) is 41.0. The van der Waals surface area contributed by atoms with Gasteiger partial charge in [-0.3, -0.25) is 0 Å². The number of hydrogen-bond acceptors (Lipinski definition) is 2. The molecule has 0 spiro atoms. The first-order valence-electron chi connectivity index (χ1n) is 26.1. The van der Waals surface area contributed by atoms with Gasteiger partial charge in [0.1, 0.15) is 0 Å². The van der Waals surface area contributed by atoms with Crippen LogP contribution in [0.15, 0.2) is 249 Å². The minimum Gasteiger partial charge on any atom is -0.310 e. The molecule has 2 nitrogen and oxygen atoms in total. The number of benzene rings is 12. The highest BCUT2D eigenvalue weighted by Crippen LogP contribution is 2.52. The normalized spacial score (nSPS) is 13.4. The van der Waals surface area contributed by atoms with E-state index in [0.29, 0.717) is 0 Å². The lowest BCUT2D eigenvalue weighted by Gasteiger charge is -2.29. The number of anilines is 6. The molecule has 3 aliphatic rings. The Morgan fingerprint density at radius 2 is 0.703 bits per heavy atom. The van der Waals surface area contributed by atoms with Crippen molar-refractivity contribution >= 4 is 72.0 Å². The molecule has 348 valence electrons. The van der Waals surface area contributed by atoms with Crippen LogP contribution in [0.25, 0.3) is 82.4 Å². The highest BCUT2D eigenvalue weighted by Gasteiger charge is 2.28. The van der Waals surface area contributed by atoms with E-state index in [1.54, 1.807) is 0 Å². The fourth-order valence-corrected chi connectivity index (χ4v) is 12.8. The lowest BCUT2D eigenvalue weighted by molar-refractivity contribution is 0.977. The second-order valence-corrected chi connectivity index (χ2v) is 20.3. The Hall–Kier alpha value is -9.24. The van der Waals surface area contributed by atoms with Crippen LogP contribution in [-0.4, -0.2) is 0 Å². The van der Waals surface area contributed by atoms with Gasteiger partial charge >= 0.3 is 0 Å². The number of rotatable bonds is 5. The summed E-state index contributed by atoms with van der Waals surface area (Å²) in [7, 11) is 0. The van der Waals surface area contributed by atoms with Gasteiger partial charge in [-0.2, -0.15) is 0 Å². The maximum Gasteiger partial charge on any atom is 0.0493 e. The third kappa shape index (κ3) is 6.72. The monoisotopic (exact) mass is 942 g/mol. The van der Waals surface area contributed by atoms with Crippen LogP contribution >= 0.6 is 0 Å². The van der Waals surface area contributed by atoms with Gasteiger partial charge in [-0.1, -0.05) is 183 Å². The Morgan fingerprint density at radius 3 is 1.27 bits per heavy atom. The predicted octanol–water partition coefficient (Wildman–Crippen LogP) is 19.3. The van der Waals surface area contributed by atoms with Crippen molar-refractivity contribution in [1.29, 1.82) is 0 Å². The standard InChI is InChI=1S/C72H50N2/c1-46-59-23-8-9-24-60(59)61-38-35-54(43-64(46)61)53-21-14-22-55(42-53)71-62-39-36-58(74-69-27-12-6-18-50(69)32-33-51-19-7-13-28-70(51)74)45-66(62)72(56-34-29-47-15-2-3-20-52(47)41-56)63-40-37-57(44-65(63)71)73-67-25-10-4-16-48(67)30-31-49-17-5-11-26-68(49)73/h2-29,34-45H,1,30-33H2. The second-order valence-electron chi connectivity index (χ2n) is 20.3. The van der Waals surface area contributed by atoms with E-state index in [4.69, 9.17) is 0 Å². The minimum absolute atomic E-state index is 0.989. The van der Waals surface area contributed by atoms with E-state index < -0.39 is 0 Å². The van der Waals surface area contributed by atoms with Crippen molar-refractivity contribution in [3.63, 3.8) is 0 Å². The van der Waals surface area contributed by atoms with Crippen molar-refractivity contribution in [2.24, 2.45) is 0 Å². The summed E-state index contributed by atoms with van der Waals surface area (Å²) in [6.07, 6.45) is 3.96. The van der Waals surface area contributed by atoms with Gasteiger partial charge in [0.25, 0.3) is 0 Å². The molecule has 12 aromatic carbocycles. The Balaban J connectivity index is 1.03. The lowest BCUT2D eigenvalue weighted by atomic mass is 9.84. The second kappa shape index (κ2) is 16.9. The van der Waals surface area contributed by atoms with Gasteiger partial charge in [0.05, 0.1) is 0 Å². The first-order valence-corrected chi connectivity index (χ1v) is 26.1. The van der Waals surface area contributed by atoms with Crippen molar-refractivity contribution < 1.29 is 0 Å². The van der Waals surface area contributed by atoms with Gasteiger partial charge in [0.2, 0.25) is 0 Å². The van der Waals surface area contributed by atoms with Gasteiger partial charge in [-0.15, -0.1) is 0 Å². The highest BCUT2D eigenvalue weighted by atomic mass is 15.2. The molecule has 0 N–H and O–H groups in total. The van der Waals surface area contributed by atoms with Crippen molar-refractivity contribution in [1.82, 2.24) is 0 Å². The quantitative estimate of drug-likeness (QED) is 0.159. The van der Waals surface area contributed by atoms with Gasteiger partial charge in [0.15, 0.2) is 0 Å². The average Bonchev–Trinajstić information content (AvgIpc) is 3.56. The van der Waals surface area contributed by atoms with Gasteiger partial charge < -0.3 is 9.80 Å². The van der Waals surface area contributed by atoms with Crippen molar-refractivity contribution in [3.05, 3.63) is 283 Å². The molecule has 74 heavy (non-hydrogen) atoms. The molecule has 0 amide bonds. The maximum atomic E-state index is 4.60. The molecule has 0 saturated heterocycles. The molecular weight excluding hydrogens is 893 g/mol. The van der Waals surface area contributed by atoms with E-state index in [-0.39, 0.29) is 0 Å². The molecule has 2 heterocycles. The molecule has 0 atom stereocenters. The number of fused-ring (bicyclic) bond motifs is 10. The third-order valence-electron chi connectivity index (χ3n) is 16.3. The largest absolute Gasteiger partial charge is 0.310 e. The molecular formula is C72H50N2. The average molecular weight is 943 g/mol. The zero-order valence-electron chi connectivity index (χ0n) is 41.0. The summed E-state index contributed by atoms with van der Waals surface area (Å²) in [5.41, 5.74) is 25.9. The van der Waals surface area contributed by atoms with E-state index in [9.17, 15) is 0 Å². The van der Waals surface area contributed by atoms with Crippen LogP contribution in [-0.2, 0) is 25.7 Å². The van der Waals surface area contributed by atoms with Crippen LogP contribution in [0, 0.1) is 0 Å². The summed E-state index contributed by atoms with van der Waals surface area (Å²) >= 11 is 0. The maximum absolute atomic E-state index is 4.60. The molecule has 0 bridgehead atoms. The third-order valence-corrected chi connectivity index (χ3v) is 16.3. The van der Waals surface area contributed by atoms with Crippen LogP contribution in [0.5, 0.6) is 0 Å². The SMILES string of the molecule is C=C1c2ccccc2-c2ccc(-c3cccc(-c4c5ccc(N6c7ccccc7CCc7ccccc76)cc5c(-c5ccc6ccccc6c5)c5ccc(N6c7ccccc7CCc7ccccc76)cc45)c3)cc21. The molecule has 12 aromatic rings. The zero-order chi connectivity index (χ0) is 48.9. The summed E-state index contributed by atoms with van der Waals surface area (Å²) < 4.78 is 0. The highest BCUT2D eigenvalue weighted by molar-refractivity contribution is 6.23. The lowest BCUT2D eigenvalue weighted by Crippen LogP contribution is -2.12. The van der Waals surface area contributed by atoms with Crippen molar-refractivity contribution in [2.75, 3.05) is 9.80 Å². The summed E-state index contributed by atoms with van der Waals surface area (Å²) in [5, 5.41) is 7.32. The van der Waals surface area contributed by atoms with E-state index in [2.05, 4.69) is 259 Å². The van der Waals surface area contributed by atoms with Gasteiger partial charge in [0, 0.05) is 34.1 Å². The van der Waals surface area contributed by atoms with E-state index in [0.717, 1.165) is 42.6 Å². The Bertz CT molecular complexity index is 4210. The molecule has 1 aliphatic carbocycles. The van der Waals surface area contributed by atoms with Gasteiger partial charge in [-0.05, 0) is 208 Å². The first-order chi connectivity index (χ1) is 36.6. The van der Waals surface area contributed by atoms with Crippen LogP contribution in [0.4, 0.5) is 34.1 Å². The molecule has 0 unspecified atom stereocenters. The molecule has 15 rings (SSSR count). The molecule has 0 aromatic heterocycles. The van der Waals surface area contributed by atoms with Crippen molar-refractivity contribution in [3.8, 4) is 44.5 Å². The molecule has 0 fully saturated rings. The van der Waals surface area contributed by atoms with Crippen LogP contribution in [0.3, 0.4) is 0 Å². The first kappa shape index (κ1) is 42.4. The fraction of sp³-hybridized carbons (Fsp3) is 0.0556. The molecule has 0 radical (unpaired) electrons. The van der Waals surface area contributed by atoms with Gasteiger partial charge in [-0.25, -0.2) is 0 Å². The van der Waals surface area contributed by atoms with E-state index >= 15 is 0 Å². The number of nitrogens with zero attached hydrogens (tertiary/aromatic N) is 2. The fourth-order valence-electron chi connectivity index (χ4n) is 12.8. The number of para-hydroxylation sites is 4. The smallest absolute Gasteiger partial charge is 0.0493 e. The minimum atomic E-state index is 0.989. The van der Waals surface area contributed by atoms with E-state index in [1.807, 2.05) is 0 Å². The Kier molecular flexibility index (Phi) is 9.72. The summed E-state index contributed by atoms with van der Waals surface area (Å²) in [6.45, 7) is 4.60. The Morgan fingerprint density at radius 1 is 0.270 bits per heavy atom. The summed E-state index contributed by atoms with van der Waals surface area (Å²) in [5.74, 6) is 0. The van der Waals surface area contributed by atoms with Crippen LogP contribution < -0.4 is 9.80 Å². The topological polar surface area (TPSA) is 6.48 Å². The molecule has 2 heteroatoms. The predicted molar refractivity (Wildman–Crippen MR) is 313 cm³/mol. The van der Waals surface area contributed by atoms with Crippen molar-refractivity contribution in [2.45, 2.75) is 25.7 Å². The Labute approximate surface area is 432 Å². The summed E-state index contributed by atoms with van der Waals surface area (Å²) in [6, 6.07) is 91.2. The number of aryl methyl sites for hydroxylation is 4.